The maximum absolute atomic E-state index is 12.6. The third-order valence-corrected chi connectivity index (χ3v) is 5.60. The lowest BCUT2D eigenvalue weighted by atomic mass is 10.0. The molecule has 2 aliphatic rings. The molecule has 1 fully saturated rings. The van der Waals surface area contributed by atoms with Crippen LogP contribution in [0.1, 0.15) is 39.0 Å². The summed E-state index contributed by atoms with van der Waals surface area (Å²) < 4.78 is 5.94. The van der Waals surface area contributed by atoms with E-state index >= 15 is 0 Å². The number of aromatic nitrogens is 2. The molecular formula is C23H30N4O2. The van der Waals surface area contributed by atoms with Crippen molar-refractivity contribution in [3.63, 3.8) is 0 Å². The molecule has 1 amide bonds. The quantitative estimate of drug-likeness (QED) is 0.799. The monoisotopic (exact) mass is 394 g/mol. The highest BCUT2D eigenvalue weighted by Gasteiger charge is 2.31. The number of nitrogens with zero attached hydrogens (tertiary/aromatic N) is 4. The first-order valence-corrected chi connectivity index (χ1v) is 10.6. The van der Waals surface area contributed by atoms with Gasteiger partial charge >= 0.3 is 0 Å². The van der Waals surface area contributed by atoms with Gasteiger partial charge in [0.05, 0.1) is 24.4 Å². The minimum Gasteiger partial charge on any atom is -0.372 e. The van der Waals surface area contributed by atoms with Crippen molar-refractivity contribution in [2.75, 3.05) is 24.5 Å². The van der Waals surface area contributed by atoms with Crippen molar-refractivity contribution in [2.45, 2.75) is 52.9 Å². The third kappa shape index (κ3) is 4.13. The summed E-state index contributed by atoms with van der Waals surface area (Å²) in [5.74, 6) is 1.90. The highest BCUT2D eigenvalue weighted by atomic mass is 16.5. The number of morpholine rings is 1. The fraction of sp³-hybridized carbons (Fsp3) is 0.522. The summed E-state index contributed by atoms with van der Waals surface area (Å²) in [6.45, 7) is 11.0. The van der Waals surface area contributed by atoms with E-state index < -0.39 is 0 Å². The zero-order valence-corrected chi connectivity index (χ0v) is 17.8. The number of carbonyl (C=O) groups is 1. The molecule has 2 aromatic rings. The summed E-state index contributed by atoms with van der Waals surface area (Å²) >= 11 is 0. The number of benzene rings is 1. The Morgan fingerprint density at radius 3 is 2.45 bits per heavy atom. The van der Waals surface area contributed by atoms with Gasteiger partial charge in [-0.15, -0.1) is 0 Å². The maximum atomic E-state index is 12.6. The molecule has 6 heteroatoms. The lowest BCUT2D eigenvalue weighted by molar-refractivity contribution is -0.135. The minimum absolute atomic E-state index is 0.00654. The Balaban J connectivity index is 1.77. The van der Waals surface area contributed by atoms with Gasteiger partial charge in [0.2, 0.25) is 5.91 Å². The summed E-state index contributed by atoms with van der Waals surface area (Å²) in [6, 6.07) is 10.1. The molecule has 4 rings (SSSR count). The average Bonchev–Trinajstić information content (AvgIpc) is 2.71. The topological polar surface area (TPSA) is 58.6 Å². The lowest BCUT2D eigenvalue weighted by Crippen LogP contribution is -2.47. The summed E-state index contributed by atoms with van der Waals surface area (Å²) in [4.78, 5) is 26.8. The minimum atomic E-state index is -0.00654. The Morgan fingerprint density at radius 1 is 1.10 bits per heavy atom. The highest BCUT2D eigenvalue weighted by Crippen LogP contribution is 2.31. The van der Waals surface area contributed by atoms with Crippen molar-refractivity contribution in [3.8, 4) is 11.4 Å². The van der Waals surface area contributed by atoms with Gasteiger partial charge < -0.3 is 14.5 Å². The molecule has 2 aliphatic heterocycles. The van der Waals surface area contributed by atoms with Gasteiger partial charge in [-0.3, -0.25) is 4.79 Å². The van der Waals surface area contributed by atoms with Crippen LogP contribution in [0.2, 0.25) is 0 Å². The lowest BCUT2D eigenvalue weighted by Gasteiger charge is -2.39. The standard InChI is InChI=1S/C23H30N4O2/c1-15(2)23(28)26-11-10-20-19(14-26)22(27-12-16(3)29-17(4)13-27)25-21(24-20)18-8-6-5-7-9-18/h5-9,15-17H,10-14H2,1-4H3/t16-,17+. The molecule has 1 saturated heterocycles. The number of anilines is 1. The summed E-state index contributed by atoms with van der Waals surface area (Å²) in [5.41, 5.74) is 3.17. The van der Waals surface area contributed by atoms with Gasteiger partial charge in [-0.05, 0) is 13.8 Å². The Kier molecular flexibility index (Phi) is 5.54. The molecule has 6 nitrogen and oxygen atoms in total. The molecule has 0 aliphatic carbocycles. The molecule has 0 saturated carbocycles. The number of hydrogen-bond donors (Lipinski definition) is 0. The Labute approximate surface area is 172 Å². The molecule has 1 aromatic carbocycles. The molecule has 2 atom stereocenters. The van der Waals surface area contributed by atoms with Crippen LogP contribution in [0.15, 0.2) is 30.3 Å². The van der Waals surface area contributed by atoms with Gasteiger partial charge in [0, 0.05) is 43.1 Å². The van der Waals surface area contributed by atoms with Crippen LogP contribution in [0.4, 0.5) is 5.82 Å². The van der Waals surface area contributed by atoms with Crippen LogP contribution in [0.3, 0.4) is 0 Å². The van der Waals surface area contributed by atoms with Crippen molar-refractivity contribution in [2.24, 2.45) is 5.92 Å². The smallest absolute Gasteiger partial charge is 0.225 e. The number of hydrogen-bond acceptors (Lipinski definition) is 5. The zero-order valence-electron chi connectivity index (χ0n) is 17.8. The molecule has 154 valence electrons. The normalized spacial score (nSPS) is 22.0. The zero-order chi connectivity index (χ0) is 20.5. The molecule has 29 heavy (non-hydrogen) atoms. The number of fused-ring (bicyclic) bond motifs is 1. The molecule has 0 bridgehead atoms. The second-order valence-electron chi connectivity index (χ2n) is 8.49. The Bertz CT molecular complexity index is 874. The van der Waals surface area contributed by atoms with Crippen molar-refractivity contribution >= 4 is 11.7 Å². The fourth-order valence-electron chi connectivity index (χ4n) is 4.28. The summed E-state index contributed by atoms with van der Waals surface area (Å²) in [7, 11) is 0. The van der Waals surface area contributed by atoms with Gasteiger partial charge in [0.1, 0.15) is 5.82 Å². The van der Waals surface area contributed by atoms with E-state index in [2.05, 4.69) is 18.7 Å². The van der Waals surface area contributed by atoms with Crippen LogP contribution in [-0.2, 0) is 22.5 Å². The average molecular weight is 395 g/mol. The van der Waals surface area contributed by atoms with Crippen LogP contribution >= 0.6 is 0 Å². The highest BCUT2D eigenvalue weighted by molar-refractivity contribution is 5.78. The maximum Gasteiger partial charge on any atom is 0.225 e. The fourth-order valence-corrected chi connectivity index (χ4v) is 4.28. The molecule has 1 aromatic heterocycles. The van der Waals surface area contributed by atoms with Crippen molar-refractivity contribution in [1.29, 1.82) is 0 Å². The summed E-state index contributed by atoms with van der Waals surface area (Å²) in [5, 5.41) is 0. The number of ether oxygens (including phenoxy) is 1. The number of rotatable bonds is 3. The van der Waals surface area contributed by atoms with Crippen LogP contribution in [0.5, 0.6) is 0 Å². The molecule has 0 unspecified atom stereocenters. The van der Waals surface area contributed by atoms with Crippen molar-refractivity contribution < 1.29 is 9.53 Å². The van der Waals surface area contributed by atoms with Gasteiger partial charge in [0.15, 0.2) is 5.82 Å². The second kappa shape index (κ2) is 8.11. The molecule has 0 radical (unpaired) electrons. The first-order chi connectivity index (χ1) is 13.9. The molecule has 3 heterocycles. The van der Waals surface area contributed by atoms with E-state index in [-0.39, 0.29) is 24.0 Å². The predicted molar refractivity (Wildman–Crippen MR) is 114 cm³/mol. The van der Waals surface area contributed by atoms with Gasteiger partial charge in [0.25, 0.3) is 0 Å². The van der Waals surface area contributed by atoms with E-state index in [0.717, 1.165) is 48.0 Å². The van der Waals surface area contributed by atoms with E-state index in [1.54, 1.807) is 0 Å². The molecule has 0 N–H and O–H groups in total. The number of carbonyl (C=O) groups excluding carboxylic acids is 1. The van der Waals surface area contributed by atoms with E-state index in [4.69, 9.17) is 14.7 Å². The molecular weight excluding hydrogens is 364 g/mol. The first-order valence-electron chi connectivity index (χ1n) is 10.6. The van der Waals surface area contributed by atoms with Gasteiger partial charge in [-0.2, -0.15) is 0 Å². The summed E-state index contributed by atoms with van der Waals surface area (Å²) in [6.07, 6.45) is 1.04. The predicted octanol–water partition coefficient (Wildman–Crippen LogP) is 3.30. The Morgan fingerprint density at radius 2 is 1.79 bits per heavy atom. The number of amides is 1. The van der Waals surface area contributed by atoms with Crippen LogP contribution in [0, 0.1) is 5.92 Å². The van der Waals surface area contributed by atoms with Gasteiger partial charge in [-0.25, -0.2) is 9.97 Å². The van der Waals surface area contributed by atoms with E-state index in [9.17, 15) is 4.79 Å². The Hall–Kier alpha value is -2.47. The SMILES string of the molecule is CC(C)C(=O)N1CCc2nc(-c3ccccc3)nc(N3C[C@@H](C)O[C@@H](C)C3)c2C1. The van der Waals surface area contributed by atoms with Crippen LogP contribution in [0.25, 0.3) is 11.4 Å². The van der Waals surface area contributed by atoms with E-state index in [1.807, 2.05) is 49.1 Å². The third-order valence-electron chi connectivity index (χ3n) is 5.60. The van der Waals surface area contributed by atoms with Crippen molar-refractivity contribution in [3.05, 3.63) is 41.6 Å². The van der Waals surface area contributed by atoms with Crippen molar-refractivity contribution in [1.82, 2.24) is 14.9 Å². The van der Waals surface area contributed by atoms with E-state index in [1.165, 1.54) is 0 Å². The molecule has 0 spiro atoms. The van der Waals surface area contributed by atoms with Crippen LogP contribution in [-0.4, -0.2) is 52.6 Å². The van der Waals surface area contributed by atoms with Crippen LogP contribution < -0.4 is 4.90 Å². The van der Waals surface area contributed by atoms with Gasteiger partial charge in [-0.1, -0.05) is 44.2 Å². The largest absolute Gasteiger partial charge is 0.372 e. The first kappa shape index (κ1) is 19.8. The second-order valence-corrected chi connectivity index (χ2v) is 8.49. The van der Waals surface area contributed by atoms with E-state index in [0.29, 0.717) is 13.1 Å².